The first-order valence-corrected chi connectivity index (χ1v) is 9.39. The number of esters is 1. The minimum atomic E-state index is -0.502. The molecule has 7 heteroatoms. The number of amides is 1. The minimum Gasteiger partial charge on any atom is -0.422 e. The summed E-state index contributed by atoms with van der Waals surface area (Å²) in [7, 11) is 0. The second-order valence-corrected chi connectivity index (χ2v) is 7.06. The lowest BCUT2D eigenvalue weighted by Crippen LogP contribution is -2.17. The Balaban J connectivity index is 1.73. The van der Waals surface area contributed by atoms with Crippen LogP contribution < -0.4 is 10.2 Å². The van der Waals surface area contributed by atoms with Gasteiger partial charge in [0.15, 0.2) is 0 Å². The molecule has 0 saturated heterocycles. The van der Waals surface area contributed by atoms with E-state index in [0.29, 0.717) is 16.9 Å². The first-order chi connectivity index (χ1) is 13.9. The van der Waals surface area contributed by atoms with Crippen molar-refractivity contribution in [2.45, 2.75) is 6.92 Å². The quantitative estimate of drug-likeness (QED) is 0.258. The van der Waals surface area contributed by atoms with Gasteiger partial charge in [0, 0.05) is 15.6 Å². The van der Waals surface area contributed by atoms with Crippen molar-refractivity contribution >= 4 is 34.0 Å². The molecule has 3 aromatic rings. The predicted octanol–water partition coefficient (Wildman–Crippen LogP) is 4.88. The average molecular weight is 455 g/mol. The molecule has 0 radical (unpaired) electrons. The van der Waals surface area contributed by atoms with Gasteiger partial charge in [0.25, 0.3) is 5.91 Å². The van der Waals surface area contributed by atoms with Crippen molar-refractivity contribution in [2.75, 3.05) is 0 Å². The third-order valence-electron chi connectivity index (χ3n) is 3.94. The number of rotatable bonds is 5. The number of hydrazone groups is 1. The molecular formula is C22H16BrFN2O3. The normalized spacial score (nSPS) is 10.7. The number of halogens is 2. The lowest BCUT2D eigenvalue weighted by atomic mass is 10.1. The highest BCUT2D eigenvalue weighted by Crippen LogP contribution is 2.23. The summed E-state index contributed by atoms with van der Waals surface area (Å²) in [5.74, 6) is -1.13. The number of ether oxygens (including phenoxy) is 1. The van der Waals surface area contributed by atoms with Crippen LogP contribution in [0.15, 0.2) is 76.3 Å². The zero-order chi connectivity index (χ0) is 20.8. The molecule has 146 valence electrons. The van der Waals surface area contributed by atoms with Crippen LogP contribution in [0, 0.1) is 12.7 Å². The number of nitrogens with zero attached hydrogens (tertiary/aromatic N) is 1. The molecule has 0 aliphatic rings. The van der Waals surface area contributed by atoms with Crippen molar-refractivity contribution in [2.24, 2.45) is 5.10 Å². The van der Waals surface area contributed by atoms with Gasteiger partial charge in [-0.1, -0.05) is 33.6 Å². The number of nitrogens with one attached hydrogen (secondary N) is 1. The second-order valence-electron chi connectivity index (χ2n) is 6.14. The van der Waals surface area contributed by atoms with Crippen molar-refractivity contribution in [3.63, 3.8) is 0 Å². The highest BCUT2D eigenvalue weighted by atomic mass is 79.9. The number of carbonyl (C=O) groups is 2. The predicted molar refractivity (Wildman–Crippen MR) is 112 cm³/mol. The van der Waals surface area contributed by atoms with E-state index in [4.69, 9.17) is 4.74 Å². The van der Waals surface area contributed by atoms with Crippen molar-refractivity contribution in [3.8, 4) is 5.75 Å². The fourth-order valence-electron chi connectivity index (χ4n) is 2.39. The fourth-order valence-corrected chi connectivity index (χ4v) is 2.77. The molecule has 29 heavy (non-hydrogen) atoms. The van der Waals surface area contributed by atoms with Crippen LogP contribution in [0.1, 0.15) is 31.8 Å². The Hall–Kier alpha value is -3.32. The van der Waals surface area contributed by atoms with Gasteiger partial charge in [0.05, 0.1) is 11.8 Å². The summed E-state index contributed by atoms with van der Waals surface area (Å²) in [5.41, 5.74) is 4.57. The van der Waals surface area contributed by atoms with E-state index in [1.54, 1.807) is 30.3 Å². The van der Waals surface area contributed by atoms with Gasteiger partial charge < -0.3 is 4.74 Å². The molecule has 0 unspecified atom stereocenters. The Morgan fingerprint density at radius 1 is 1.00 bits per heavy atom. The van der Waals surface area contributed by atoms with Crippen LogP contribution in [-0.2, 0) is 0 Å². The van der Waals surface area contributed by atoms with Crippen molar-refractivity contribution < 1.29 is 18.7 Å². The van der Waals surface area contributed by atoms with E-state index in [0.717, 1.165) is 10.0 Å². The van der Waals surface area contributed by atoms with E-state index in [1.807, 2.05) is 19.1 Å². The molecule has 0 saturated carbocycles. The zero-order valence-corrected chi connectivity index (χ0v) is 16.9. The molecule has 0 aliphatic carbocycles. The first-order valence-electron chi connectivity index (χ1n) is 8.60. The van der Waals surface area contributed by atoms with Gasteiger partial charge in [-0.2, -0.15) is 5.10 Å². The number of benzene rings is 3. The summed E-state index contributed by atoms with van der Waals surface area (Å²) in [6.07, 6.45) is 1.37. The Kier molecular flexibility index (Phi) is 6.51. The third-order valence-corrected chi connectivity index (χ3v) is 4.43. The number of aryl methyl sites for hydroxylation is 1. The lowest BCUT2D eigenvalue weighted by Gasteiger charge is -2.08. The highest BCUT2D eigenvalue weighted by molar-refractivity contribution is 9.10. The van der Waals surface area contributed by atoms with Gasteiger partial charge in [-0.3, -0.25) is 4.79 Å². The van der Waals surface area contributed by atoms with E-state index >= 15 is 0 Å². The molecule has 1 amide bonds. The van der Waals surface area contributed by atoms with Gasteiger partial charge in [-0.15, -0.1) is 0 Å². The maximum atomic E-state index is 12.9. The lowest BCUT2D eigenvalue weighted by molar-refractivity contribution is 0.0734. The van der Waals surface area contributed by atoms with E-state index in [-0.39, 0.29) is 5.56 Å². The van der Waals surface area contributed by atoms with E-state index in [1.165, 1.54) is 30.5 Å². The number of hydrogen-bond acceptors (Lipinski definition) is 4. The van der Waals surface area contributed by atoms with Gasteiger partial charge in [-0.05, 0) is 61.5 Å². The molecule has 0 bridgehead atoms. The molecule has 0 heterocycles. The molecule has 0 aliphatic heterocycles. The van der Waals surface area contributed by atoms with Crippen LogP contribution in [0.3, 0.4) is 0 Å². The van der Waals surface area contributed by atoms with Crippen LogP contribution in [0.2, 0.25) is 0 Å². The van der Waals surface area contributed by atoms with Crippen LogP contribution in [-0.4, -0.2) is 18.1 Å². The van der Waals surface area contributed by atoms with Crippen LogP contribution in [0.25, 0.3) is 0 Å². The maximum absolute atomic E-state index is 12.9. The summed E-state index contributed by atoms with van der Waals surface area (Å²) in [4.78, 5) is 24.4. The van der Waals surface area contributed by atoms with Crippen molar-refractivity contribution in [1.82, 2.24) is 5.43 Å². The molecule has 0 spiro atoms. The van der Waals surface area contributed by atoms with Crippen molar-refractivity contribution in [1.29, 1.82) is 0 Å². The molecule has 0 atom stereocenters. The molecule has 0 aromatic heterocycles. The van der Waals surface area contributed by atoms with E-state index in [2.05, 4.69) is 26.5 Å². The zero-order valence-electron chi connectivity index (χ0n) is 15.4. The molecule has 1 N–H and O–H groups in total. The Bertz CT molecular complexity index is 1060. The summed E-state index contributed by atoms with van der Waals surface area (Å²) >= 11 is 3.35. The van der Waals surface area contributed by atoms with Gasteiger partial charge in [0.2, 0.25) is 0 Å². The molecule has 3 rings (SSSR count). The summed E-state index contributed by atoms with van der Waals surface area (Å²) in [6, 6.07) is 17.2. The minimum absolute atomic E-state index is 0.267. The SMILES string of the molecule is Cc1ccc(C(=O)Oc2ccc(Br)cc2C=NNC(=O)c2ccc(F)cc2)cc1. The van der Waals surface area contributed by atoms with Gasteiger partial charge >= 0.3 is 5.97 Å². The van der Waals surface area contributed by atoms with Crippen molar-refractivity contribution in [3.05, 3.63) is 99.3 Å². The molecule has 0 fully saturated rings. The number of carbonyl (C=O) groups excluding carboxylic acids is 2. The third kappa shape index (κ3) is 5.58. The fraction of sp³-hybridized carbons (Fsp3) is 0.0455. The summed E-state index contributed by atoms with van der Waals surface area (Å²) in [5, 5.41) is 3.90. The Labute approximate surface area is 175 Å². The Morgan fingerprint density at radius 2 is 1.66 bits per heavy atom. The smallest absolute Gasteiger partial charge is 0.343 e. The molecule has 5 nitrogen and oxygen atoms in total. The van der Waals surface area contributed by atoms with E-state index in [9.17, 15) is 14.0 Å². The second kappa shape index (κ2) is 9.25. The summed E-state index contributed by atoms with van der Waals surface area (Å²) < 4.78 is 19.2. The van der Waals surface area contributed by atoms with Crippen LogP contribution in [0.5, 0.6) is 5.75 Å². The van der Waals surface area contributed by atoms with Crippen LogP contribution in [0.4, 0.5) is 4.39 Å². The Morgan fingerprint density at radius 3 is 2.34 bits per heavy atom. The molecular weight excluding hydrogens is 439 g/mol. The first kappa shape index (κ1) is 20.4. The summed E-state index contributed by atoms with van der Waals surface area (Å²) in [6.45, 7) is 1.93. The van der Waals surface area contributed by atoms with E-state index < -0.39 is 17.7 Å². The van der Waals surface area contributed by atoms with Crippen LogP contribution >= 0.6 is 15.9 Å². The topological polar surface area (TPSA) is 67.8 Å². The molecule has 3 aromatic carbocycles. The average Bonchev–Trinajstić information content (AvgIpc) is 2.70. The highest BCUT2D eigenvalue weighted by Gasteiger charge is 2.12. The van der Waals surface area contributed by atoms with Gasteiger partial charge in [-0.25, -0.2) is 14.6 Å². The maximum Gasteiger partial charge on any atom is 0.343 e. The largest absolute Gasteiger partial charge is 0.422 e. The standard InChI is InChI=1S/C22H16BrFN2O3/c1-14-2-4-16(5-3-14)22(28)29-20-11-8-18(23)12-17(20)13-25-26-21(27)15-6-9-19(24)10-7-15/h2-13H,1H3,(H,26,27). The van der Waals surface area contributed by atoms with Gasteiger partial charge in [0.1, 0.15) is 11.6 Å². The number of hydrogen-bond donors (Lipinski definition) is 1. The monoisotopic (exact) mass is 454 g/mol.